The van der Waals surface area contributed by atoms with Gasteiger partial charge in [0, 0.05) is 17.8 Å². The Bertz CT molecular complexity index is 1010. The van der Waals surface area contributed by atoms with Crippen LogP contribution in [-0.2, 0) is 11.3 Å². The van der Waals surface area contributed by atoms with Crippen molar-refractivity contribution >= 4 is 23.5 Å². The van der Waals surface area contributed by atoms with Crippen molar-refractivity contribution in [1.29, 1.82) is 0 Å². The molecule has 150 valence electrons. The lowest BCUT2D eigenvalue weighted by atomic mass is 10.1. The van der Waals surface area contributed by atoms with Gasteiger partial charge < -0.3 is 14.6 Å². The zero-order valence-electron chi connectivity index (χ0n) is 16.6. The summed E-state index contributed by atoms with van der Waals surface area (Å²) >= 11 is 5.95. The maximum atomic E-state index is 12.9. The molecule has 2 aromatic carbocycles. The molecular formula is C23H23ClN2O3. The van der Waals surface area contributed by atoms with Crippen LogP contribution in [0.2, 0.25) is 5.02 Å². The maximum Gasteiger partial charge on any atom is 0.337 e. The summed E-state index contributed by atoms with van der Waals surface area (Å²) in [5.74, 6) is -0.541. The van der Waals surface area contributed by atoms with Gasteiger partial charge in [0.2, 0.25) is 0 Å². The van der Waals surface area contributed by atoms with Crippen molar-refractivity contribution in [2.45, 2.75) is 26.4 Å². The van der Waals surface area contributed by atoms with Crippen LogP contribution in [0.15, 0.2) is 60.8 Å². The highest BCUT2D eigenvalue weighted by atomic mass is 35.5. The number of carbonyl (C=O) groups is 2. The molecular weight excluding hydrogens is 388 g/mol. The predicted octanol–water partition coefficient (Wildman–Crippen LogP) is 4.78. The first kappa shape index (κ1) is 20.7. The molecule has 3 aromatic rings. The summed E-state index contributed by atoms with van der Waals surface area (Å²) < 4.78 is 6.64. The minimum atomic E-state index is -0.385. The predicted molar refractivity (Wildman–Crippen MR) is 113 cm³/mol. The van der Waals surface area contributed by atoms with E-state index in [1.54, 1.807) is 12.1 Å². The molecule has 0 aliphatic heterocycles. The van der Waals surface area contributed by atoms with Crippen molar-refractivity contribution in [3.8, 4) is 0 Å². The van der Waals surface area contributed by atoms with E-state index in [-0.39, 0.29) is 17.9 Å². The van der Waals surface area contributed by atoms with Gasteiger partial charge in [-0.3, -0.25) is 4.79 Å². The van der Waals surface area contributed by atoms with Crippen LogP contribution in [0.25, 0.3) is 0 Å². The molecule has 0 spiro atoms. The lowest BCUT2D eigenvalue weighted by Gasteiger charge is -2.16. The van der Waals surface area contributed by atoms with Gasteiger partial charge in [-0.15, -0.1) is 0 Å². The quantitative estimate of drug-likeness (QED) is 0.595. The van der Waals surface area contributed by atoms with Gasteiger partial charge in [0.25, 0.3) is 5.91 Å². The van der Waals surface area contributed by atoms with Gasteiger partial charge >= 0.3 is 5.97 Å². The molecule has 1 aromatic heterocycles. The standard InChI is InChI=1S/C23H23ClN2O3/c1-15-12-21(26(13-15)14-17-4-10-20(24)11-5-17)22(27)25-16(2)18-6-8-19(9-7-18)23(28)29-3/h4-13,16H,14H2,1-3H3,(H,25,27)/t16-/m0/s1. The second-order valence-corrected chi connectivity index (χ2v) is 7.40. The van der Waals surface area contributed by atoms with Gasteiger partial charge in [0.05, 0.1) is 18.7 Å². The fourth-order valence-electron chi connectivity index (χ4n) is 3.14. The molecule has 0 fully saturated rings. The molecule has 3 rings (SSSR count). The summed E-state index contributed by atoms with van der Waals surface area (Å²) in [4.78, 5) is 24.5. The van der Waals surface area contributed by atoms with Crippen LogP contribution in [0.4, 0.5) is 0 Å². The van der Waals surface area contributed by atoms with Crippen molar-refractivity contribution in [1.82, 2.24) is 9.88 Å². The van der Waals surface area contributed by atoms with Crippen LogP contribution in [0, 0.1) is 6.92 Å². The number of amides is 1. The number of esters is 1. The van der Waals surface area contributed by atoms with Crippen LogP contribution in [0.1, 0.15) is 50.5 Å². The van der Waals surface area contributed by atoms with Gasteiger partial charge in [0.1, 0.15) is 5.69 Å². The highest BCUT2D eigenvalue weighted by Gasteiger charge is 2.17. The number of hydrogen-bond donors (Lipinski definition) is 1. The lowest BCUT2D eigenvalue weighted by molar-refractivity contribution is 0.0600. The van der Waals surface area contributed by atoms with E-state index in [1.165, 1.54) is 7.11 Å². The Kier molecular flexibility index (Phi) is 6.39. The third-order valence-electron chi connectivity index (χ3n) is 4.71. The van der Waals surface area contributed by atoms with Crippen molar-refractivity contribution in [2.24, 2.45) is 0 Å². The van der Waals surface area contributed by atoms with E-state index in [9.17, 15) is 9.59 Å². The first-order valence-electron chi connectivity index (χ1n) is 9.27. The fraction of sp³-hybridized carbons (Fsp3) is 0.217. The first-order valence-corrected chi connectivity index (χ1v) is 9.65. The van der Waals surface area contributed by atoms with Crippen molar-refractivity contribution in [3.63, 3.8) is 0 Å². The van der Waals surface area contributed by atoms with Crippen molar-refractivity contribution < 1.29 is 14.3 Å². The Morgan fingerprint density at radius 3 is 2.38 bits per heavy atom. The summed E-state index contributed by atoms with van der Waals surface area (Å²) in [7, 11) is 1.35. The summed E-state index contributed by atoms with van der Waals surface area (Å²) in [6.45, 7) is 4.45. The van der Waals surface area contributed by atoms with Gasteiger partial charge in [-0.05, 0) is 60.9 Å². The summed E-state index contributed by atoms with van der Waals surface area (Å²) in [5, 5.41) is 3.71. The minimum Gasteiger partial charge on any atom is -0.465 e. The Balaban J connectivity index is 1.73. The van der Waals surface area contributed by atoms with Crippen LogP contribution < -0.4 is 5.32 Å². The molecule has 1 heterocycles. The molecule has 1 atom stereocenters. The number of nitrogens with one attached hydrogen (secondary N) is 1. The number of hydrogen-bond acceptors (Lipinski definition) is 3. The Labute approximate surface area is 175 Å². The number of carbonyl (C=O) groups excluding carboxylic acids is 2. The molecule has 0 aliphatic carbocycles. The molecule has 0 radical (unpaired) electrons. The highest BCUT2D eigenvalue weighted by molar-refractivity contribution is 6.30. The number of aryl methyl sites for hydroxylation is 1. The molecule has 0 saturated heterocycles. The topological polar surface area (TPSA) is 60.3 Å². The number of nitrogens with zero attached hydrogens (tertiary/aromatic N) is 1. The molecule has 0 bridgehead atoms. The number of ether oxygens (including phenoxy) is 1. The number of methoxy groups -OCH3 is 1. The molecule has 1 amide bonds. The smallest absolute Gasteiger partial charge is 0.337 e. The third-order valence-corrected chi connectivity index (χ3v) is 4.96. The van der Waals surface area contributed by atoms with Crippen LogP contribution in [0.3, 0.4) is 0 Å². The van der Waals surface area contributed by atoms with Crippen molar-refractivity contribution in [3.05, 3.63) is 93.8 Å². The summed E-state index contributed by atoms with van der Waals surface area (Å²) in [5.41, 5.74) is 4.04. The van der Waals surface area contributed by atoms with E-state index < -0.39 is 0 Å². The zero-order chi connectivity index (χ0) is 21.0. The molecule has 5 nitrogen and oxygen atoms in total. The van der Waals surface area contributed by atoms with Gasteiger partial charge in [0.15, 0.2) is 0 Å². The Hall–Kier alpha value is -3.05. The number of rotatable bonds is 6. The molecule has 0 unspecified atom stereocenters. The molecule has 29 heavy (non-hydrogen) atoms. The summed E-state index contributed by atoms with van der Waals surface area (Å²) in [6.07, 6.45) is 1.96. The zero-order valence-corrected chi connectivity index (χ0v) is 17.4. The van der Waals surface area contributed by atoms with E-state index in [0.29, 0.717) is 22.8 Å². The van der Waals surface area contributed by atoms with Crippen LogP contribution in [0.5, 0.6) is 0 Å². The highest BCUT2D eigenvalue weighted by Crippen LogP contribution is 2.17. The van der Waals surface area contributed by atoms with E-state index in [2.05, 4.69) is 5.32 Å². The van der Waals surface area contributed by atoms with Crippen molar-refractivity contribution in [2.75, 3.05) is 7.11 Å². The SMILES string of the molecule is COC(=O)c1ccc([C@H](C)NC(=O)c2cc(C)cn2Cc2ccc(Cl)cc2)cc1. The monoisotopic (exact) mass is 410 g/mol. The second-order valence-electron chi connectivity index (χ2n) is 6.97. The van der Waals surface area contributed by atoms with Crippen LogP contribution in [-0.4, -0.2) is 23.6 Å². The number of aromatic nitrogens is 1. The van der Waals surface area contributed by atoms with Crippen LogP contribution >= 0.6 is 11.6 Å². The molecule has 0 saturated carbocycles. The van der Waals surface area contributed by atoms with E-state index in [4.69, 9.17) is 16.3 Å². The minimum absolute atomic E-state index is 0.156. The number of halogens is 1. The van der Waals surface area contributed by atoms with Gasteiger partial charge in [-0.2, -0.15) is 0 Å². The average molecular weight is 411 g/mol. The summed E-state index contributed by atoms with van der Waals surface area (Å²) in [6, 6.07) is 16.3. The maximum absolute atomic E-state index is 12.9. The Morgan fingerprint density at radius 1 is 1.10 bits per heavy atom. The molecule has 6 heteroatoms. The fourth-order valence-corrected chi connectivity index (χ4v) is 3.27. The number of benzene rings is 2. The van der Waals surface area contributed by atoms with E-state index in [1.807, 2.05) is 67.1 Å². The van der Waals surface area contributed by atoms with Gasteiger partial charge in [-0.1, -0.05) is 35.9 Å². The normalized spacial score (nSPS) is 11.7. The Morgan fingerprint density at radius 2 is 1.76 bits per heavy atom. The average Bonchev–Trinajstić information content (AvgIpc) is 3.09. The first-order chi connectivity index (χ1) is 13.9. The molecule has 0 aliphatic rings. The second kappa shape index (κ2) is 8.97. The van der Waals surface area contributed by atoms with E-state index >= 15 is 0 Å². The van der Waals surface area contributed by atoms with Gasteiger partial charge in [-0.25, -0.2) is 4.79 Å². The largest absolute Gasteiger partial charge is 0.465 e. The third kappa shape index (κ3) is 5.06. The lowest BCUT2D eigenvalue weighted by Crippen LogP contribution is -2.28. The van der Waals surface area contributed by atoms with E-state index in [0.717, 1.165) is 16.7 Å². The molecule has 1 N–H and O–H groups in total.